The Morgan fingerprint density at radius 3 is 2.41 bits per heavy atom. The van der Waals surface area contributed by atoms with Crippen molar-refractivity contribution in [3.05, 3.63) is 34.6 Å². The summed E-state index contributed by atoms with van der Waals surface area (Å²) in [5.41, 5.74) is 1.000. The molecule has 17 heavy (non-hydrogen) atoms. The molecule has 0 saturated carbocycles. The van der Waals surface area contributed by atoms with E-state index in [1.807, 2.05) is 7.05 Å². The van der Waals surface area contributed by atoms with E-state index in [9.17, 15) is 4.39 Å². The first kappa shape index (κ1) is 14.5. The summed E-state index contributed by atoms with van der Waals surface area (Å²) in [6, 6.07) is 4.98. The monoisotopic (exact) mass is 257 g/mol. The van der Waals surface area contributed by atoms with E-state index >= 15 is 0 Å². The van der Waals surface area contributed by atoms with Crippen LogP contribution in [0.25, 0.3) is 0 Å². The molecule has 1 N–H and O–H groups in total. The van der Waals surface area contributed by atoms with Crippen LogP contribution in [-0.4, -0.2) is 13.1 Å². The zero-order valence-electron chi connectivity index (χ0n) is 10.9. The van der Waals surface area contributed by atoms with Gasteiger partial charge in [0.1, 0.15) is 5.82 Å². The van der Waals surface area contributed by atoms with Crippen molar-refractivity contribution in [2.45, 2.75) is 33.2 Å². The Balaban J connectivity index is 2.80. The van der Waals surface area contributed by atoms with Crippen molar-refractivity contribution in [1.82, 2.24) is 5.32 Å². The largest absolute Gasteiger partial charge is 0.316 e. The summed E-state index contributed by atoms with van der Waals surface area (Å²) in [5, 5.41) is 3.84. The van der Waals surface area contributed by atoms with Gasteiger partial charge in [-0.1, -0.05) is 38.4 Å². The molecule has 0 amide bonds. The molecular weight excluding hydrogens is 237 g/mol. The Hall–Kier alpha value is -0.600. The van der Waals surface area contributed by atoms with Crippen LogP contribution in [0.5, 0.6) is 0 Å². The Morgan fingerprint density at radius 1 is 1.29 bits per heavy atom. The van der Waals surface area contributed by atoms with Crippen LogP contribution < -0.4 is 5.32 Å². The molecule has 0 aliphatic heterocycles. The summed E-state index contributed by atoms with van der Waals surface area (Å²) >= 11 is 6.05. The molecule has 0 heterocycles. The van der Waals surface area contributed by atoms with E-state index in [4.69, 9.17) is 11.6 Å². The topological polar surface area (TPSA) is 12.0 Å². The first-order valence-corrected chi connectivity index (χ1v) is 6.44. The van der Waals surface area contributed by atoms with Gasteiger partial charge in [0.05, 0.1) is 0 Å². The van der Waals surface area contributed by atoms with Crippen molar-refractivity contribution < 1.29 is 4.39 Å². The smallest absolute Gasteiger partial charge is 0.124 e. The molecule has 96 valence electrons. The normalized spacial score (nSPS) is 15.0. The van der Waals surface area contributed by atoms with Crippen LogP contribution >= 0.6 is 11.6 Å². The van der Waals surface area contributed by atoms with E-state index in [1.165, 1.54) is 12.1 Å². The molecule has 0 bridgehead atoms. The molecule has 1 aromatic rings. The molecule has 0 aliphatic rings. The van der Waals surface area contributed by atoms with Gasteiger partial charge in [0.2, 0.25) is 0 Å². The summed E-state index contributed by atoms with van der Waals surface area (Å²) < 4.78 is 13.0. The third-order valence-corrected chi connectivity index (χ3v) is 3.86. The van der Waals surface area contributed by atoms with Crippen molar-refractivity contribution in [1.29, 1.82) is 0 Å². The first-order chi connectivity index (χ1) is 7.95. The van der Waals surface area contributed by atoms with Crippen LogP contribution in [0.3, 0.4) is 0 Å². The van der Waals surface area contributed by atoms with Gasteiger partial charge >= 0.3 is 0 Å². The fraction of sp³-hybridized carbons (Fsp3) is 0.571. The minimum absolute atomic E-state index is 0.281. The predicted octanol–water partition coefficient (Wildman–Crippen LogP) is 3.90. The van der Waals surface area contributed by atoms with Gasteiger partial charge in [0.25, 0.3) is 0 Å². The number of hydrogen-bond donors (Lipinski definition) is 1. The number of benzene rings is 1. The van der Waals surface area contributed by atoms with E-state index in [0.29, 0.717) is 22.9 Å². The second kappa shape index (κ2) is 6.36. The van der Waals surface area contributed by atoms with Crippen molar-refractivity contribution in [2.24, 2.45) is 11.8 Å². The number of likely N-dealkylation sites (N-methyl/N-ethyl adjacent to an activating group) is 1. The summed E-state index contributed by atoms with van der Waals surface area (Å²) in [6.45, 7) is 6.64. The van der Waals surface area contributed by atoms with Crippen LogP contribution in [0.4, 0.5) is 4.39 Å². The molecule has 1 rings (SSSR count). The first-order valence-electron chi connectivity index (χ1n) is 6.07. The third-order valence-electron chi connectivity index (χ3n) is 3.51. The van der Waals surface area contributed by atoms with Crippen molar-refractivity contribution in [3.63, 3.8) is 0 Å². The summed E-state index contributed by atoms with van der Waals surface area (Å²) in [6.07, 6.45) is 0.828. The summed E-state index contributed by atoms with van der Waals surface area (Å²) in [7, 11) is 1.96. The van der Waals surface area contributed by atoms with Crippen LogP contribution in [0.1, 0.15) is 26.3 Å². The molecular formula is C14H21ClFN. The number of halogens is 2. The average molecular weight is 258 g/mol. The van der Waals surface area contributed by atoms with Gasteiger partial charge < -0.3 is 5.32 Å². The third kappa shape index (κ3) is 3.97. The Kier molecular flexibility index (Phi) is 5.41. The standard InChI is InChI=1S/C14H21ClFN/c1-9(2)10(3)14(17-4)7-11-5-6-12(16)8-13(11)15/h5-6,8-10,14,17H,7H2,1-4H3. The highest BCUT2D eigenvalue weighted by molar-refractivity contribution is 6.31. The fourth-order valence-corrected chi connectivity index (χ4v) is 2.18. The Labute approximate surface area is 108 Å². The minimum atomic E-state index is -0.281. The number of hydrogen-bond acceptors (Lipinski definition) is 1. The molecule has 0 aromatic heterocycles. The molecule has 1 nitrogen and oxygen atoms in total. The van der Waals surface area contributed by atoms with Crippen LogP contribution in [0.2, 0.25) is 5.02 Å². The molecule has 0 saturated heterocycles. The molecule has 0 fully saturated rings. The number of rotatable bonds is 5. The lowest BCUT2D eigenvalue weighted by Gasteiger charge is -2.27. The van der Waals surface area contributed by atoms with Gasteiger partial charge in [-0.25, -0.2) is 4.39 Å². The second-order valence-electron chi connectivity index (χ2n) is 4.94. The van der Waals surface area contributed by atoms with Gasteiger partial charge in [-0.3, -0.25) is 0 Å². The SMILES string of the molecule is CNC(Cc1ccc(F)cc1Cl)C(C)C(C)C. The fourth-order valence-electron chi connectivity index (χ4n) is 1.94. The molecule has 2 unspecified atom stereocenters. The quantitative estimate of drug-likeness (QED) is 0.844. The molecule has 0 radical (unpaired) electrons. The lowest BCUT2D eigenvalue weighted by molar-refractivity contribution is 0.310. The number of nitrogens with one attached hydrogen (secondary N) is 1. The summed E-state index contributed by atoms with van der Waals surface area (Å²) in [4.78, 5) is 0. The maximum absolute atomic E-state index is 13.0. The molecule has 3 heteroatoms. The van der Waals surface area contributed by atoms with E-state index in [1.54, 1.807) is 6.07 Å². The average Bonchev–Trinajstić information content (AvgIpc) is 2.27. The maximum atomic E-state index is 13.0. The molecule has 2 atom stereocenters. The molecule has 1 aromatic carbocycles. The summed E-state index contributed by atoms with van der Waals surface area (Å²) in [5.74, 6) is 0.865. The van der Waals surface area contributed by atoms with Gasteiger partial charge in [-0.2, -0.15) is 0 Å². The van der Waals surface area contributed by atoms with Gasteiger partial charge in [-0.05, 0) is 43.0 Å². The van der Waals surface area contributed by atoms with E-state index in [0.717, 1.165) is 12.0 Å². The Bertz CT molecular complexity index is 365. The van der Waals surface area contributed by atoms with Crippen LogP contribution in [0, 0.1) is 17.7 Å². The molecule has 0 spiro atoms. The highest BCUT2D eigenvalue weighted by atomic mass is 35.5. The van der Waals surface area contributed by atoms with E-state index in [2.05, 4.69) is 26.1 Å². The van der Waals surface area contributed by atoms with Gasteiger partial charge in [0, 0.05) is 11.1 Å². The Morgan fingerprint density at radius 2 is 1.94 bits per heavy atom. The van der Waals surface area contributed by atoms with Crippen LogP contribution in [0.15, 0.2) is 18.2 Å². The highest BCUT2D eigenvalue weighted by Crippen LogP contribution is 2.23. The van der Waals surface area contributed by atoms with E-state index in [-0.39, 0.29) is 5.82 Å². The minimum Gasteiger partial charge on any atom is -0.316 e. The maximum Gasteiger partial charge on any atom is 0.124 e. The van der Waals surface area contributed by atoms with Crippen molar-refractivity contribution in [3.8, 4) is 0 Å². The van der Waals surface area contributed by atoms with Gasteiger partial charge in [-0.15, -0.1) is 0 Å². The van der Waals surface area contributed by atoms with Gasteiger partial charge in [0.15, 0.2) is 0 Å². The molecule has 0 aliphatic carbocycles. The zero-order chi connectivity index (χ0) is 13.0. The zero-order valence-corrected chi connectivity index (χ0v) is 11.7. The van der Waals surface area contributed by atoms with E-state index < -0.39 is 0 Å². The van der Waals surface area contributed by atoms with Crippen molar-refractivity contribution in [2.75, 3.05) is 7.05 Å². The lowest BCUT2D eigenvalue weighted by Crippen LogP contribution is -2.36. The van der Waals surface area contributed by atoms with Crippen LogP contribution in [-0.2, 0) is 6.42 Å². The van der Waals surface area contributed by atoms with Crippen molar-refractivity contribution >= 4 is 11.6 Å². The second-order valence-corrected chi connectivity index (χ2v) is 5.35. The predicted molar refractivity (Wildman–Crippen MR) is 72.0 cm³/mol. The lowest BCUT2D eigenvalue weighted by atomic mass is 9.87. The highest BCUT2D eigenvalue weighted by Gasteiger charge is 2.19.